The fourth-order valence-electron chi connectivity index (χ4n) is 1.64. The second-order valence-electron chi connectivity index (χ2n) is 4.03. The van der Waals surface area contributed by atoms with Crippen molar-refractivity contribution in [3.63, 3.8) is 0 Å². The molecular formula is C16H12N2O2. The molecule has 0 saturated heterocycles. The van der Waals surface area contributed by atoms with Gasteiger partial charge in [0.25, 0.3) is 0 Å². The van der Waals surface area contributed by atoms with E-state index in [0.29, 0.717) is 11.1 Å². The Morgan fingerprint density at radius 1 is 1.30 bits per heavy atom. The minimum absolute atomic E-state index is 0.408. The van der Waals surface area contributed by atoms with Gasteiger partial charge in [0, 0.05) is 6.20 Å². The van der Waals surface area contributed by atoms with Crippen LogP contribution in [0.4, 0.5) is 0 Å². The Hall–Kier alpha value is -2.93. The number of hydrogen-bond acceptors (Lipinski definition) is 4. The normalized spacial score (nSPS) is 10.2. The Kier molecular flexibility index (Phi) is 4.25. The monoisotopic (exact) mass is 264 g/mol. The highest BCUT2D eigenvalue weighted by atomic mass is 16.5. The number of nitriles is 1. The van der Waals surface area contributed by atoms with Crippen molar-refractivity contribution >= 4 is 18.1 Å². The number of carbonyl (C=O) groups excluding carboxylic acids is 1. The number of methoxy groups -OCH3 is 1. The summed E-state index contributed by atoms with van der Waals surface area (Å²) < 4.78 is 4.60. The van der Waals surface area contributed by atoms with Crippen LogP contribution in [0.2, 0.25) is 0 Å². The second-order valence-corrected chi connectivity index (χ2v) is 4.03. The molecule has 4 heteroatoms. The van der Waals surface area contributed by atoms with Crippen LogP contribution >= 0.6 is 0 Å². The summed E-state index contributed by atoms with van der Waals surface area (Å²) in [4.78, 5) is 15.4. The lowest BCUT2D eigenvalue weighted by atomic mass is 10.1. The Bertz CT molecular complexity index is 682. The van der Waals surface area contributed by atoms with E-state index < -0.39 is 5.97 Å². The predicted molar refractivity (Wildman–Crippen MR) is 75.7 cm³/mol. The van der Waals surface area contributed by atoms with Gasteiger partial charge in [-0.15, -0.1) is 0 Å². The minimum Gasteiger partial charge on any atom is -0.465 e. The van der Waals surface area contributed by atoms with Crippen LogP contribution in [0.15, 0.2) is 42.6 Å². The summed E-state index contributed by atoms with van der Waals surface area (Å²) >= 11 is 0. The van der Waals surface area contributed by atoms with Crippen molar-refractivity contribution < 1.29 is 9.53 Å². The Labute approximate surface area is 117 Å². The van der Waals surface area contributed by atoms with E-state index in [1.165, 1.54) is 13.3 Å². The van der Waals surface area contributed by atoms with E-state index in [9.17, 15) is 4.79 Å². The van der Waals surface area contributed by atoms with Gasteiger partial charge in [0.1, 0.15) is 0 Å². The van der Waals surface area contributed by atoms with E-state index in [1.807, 2.05) is 24.3 Å². The number of benzene rings is 1. The van der Waals surface area contributed by atoms with Gasteiger partial charge in [-0.25, -0.2) is 4.79 Å². The maximum Gasteiger partial charge on any atom is 0.339 e. The molecule has 1 heterocycles. The minimum atomic E-state index is -0.408. The highest BCUT2D eigenvalue weighted by molar-refractivity contribution is 5.89. The third-order valence-electron chi connectivity index (χ3n) is 2.67. The molecule has 0 aliphatic heterocycles. The summed E-state index contributed by atoms with van der Waals surface area (Å²) in [7, 11) is 1.33. The number of ether oxygens (including phenoxy) is 1. The van der Waals surface area contributed by atoms with E-state index in [1.54, 1.807) is 24.3 Å². The fourth-order valence-corrected chi connectivity index (χ4v) is 1.64. The van der Waals surface area contributed by atoms with Crippen LogP contribution in [-0.2, 0) is 4.74 Å². The van der Waals surface area contributed by atoms with Crippen LogP contribution in [0.25, 0.3) is 12.2 Å². The van der Waals surface area contributed by atoms with Crippen molar-refractivity contribution in [3.8, 4) is 6.07 Å². The lowest BCUT2D eigenvalue weighted by Crippen LogP contribution is -2.01. The molecule has 0 radical (unpaired) electrons. The van der Waals surface area contributed by atoms with Gasteiger partial charge in [-0.05, 0) is 35.9 Å². The lowest BCUT2D eigenvalue weighted by Gasteiger charge is -1.99. The number of aromatic nitrogens is 1. The number of nitrogens with zero attached hydrogens (tertiary/aromatic N) is 2. The molecule has 98 valence electrons. The molecule has 0 bridgehead atoms. The molecular weight excluding hydrogens is 252 g/mol. The molecule has 0 unspecified atom stereocenters. The fraction of sp³-hybridized carbons (Fsp3) is 0.0625. The molecule has 1 aromatic heterocycles. The number of esters is 1. The number of rotatable bonds is 3. The van der Waals surface area contributed by atoms with Crippen molar-refractivity contribution in [2.75, 3.05) is 7.11 Å². The first kappa shape index (κ1) is 13.5. The topological polar surface area (TPSA) is 63.0 Å². The molecule has 0 N–H and O–H groups in total. The van der Waals surface area contributed by atoms with E-state index in [2.05, 4.69) is 15.8 Å². The van der Waals surface area contributed by atoms with Crippen LogP contribution in [0.3, 0.4) is 0 Å². The maximum atomic E-state index is 11.3. The third-order valence-corrected chi connectivity index (χ3v) is 2.67. The van der Waals surface area contributed by atoms with Gasteiger partial charge >= 0.3 is 5.97 Å². The average Bonchev–Trinajstić information content (AvgIpc) is 2.53. The zero-order valence-electron chi connectivity index (χ0n) is 10.9. The van der Waals surface area contributed by atoms with Gasteiger partial charge in [0.05, 0.1) is 30.0 Å². The van der Waals surface area contributed by atoms with E-state index >= 15 is 0 Å². The number of hydrogen-bond donors (Lipinski definition) is 0. The molecule has 0 amide bonds. The van der Waals surface area contributed by atoms with Crippen molar-refractivity contribution in [2.45, 2.75) is 0 Å². The molecule has 2 aromatic rings. The van der Waals surface area contributed by atoms with Crippen LogP contribution in [0.1, 0.15) is 27.2 Å². The molecule has 0 spiro atoms. The predicted octanol–water partition coefficient (Wildman–Crippen LogP) is 2.91. The van der Waals surface area contributed by atoms with Gasteiger partial charge in [-0.1, -0.05) is 18.2 Å². The maximum absolute atomic E-state index is 11.3. The van der Waals surface area contributed by atoms with Gasteiger partial charge in [0.15, 0.2) is 0 Å². The summed E-state index contributed by atoms with van der Waals surface area (Å²) in [6.07, 6.45) is 5.15. The molecule has 0 atom stereocenters. The van der Waals surface area contributed by atoms with Crippen LogP contribution in [0.5, 0.6) is 0 Å². The van der Waals surface area contributed by atoms with E-state index in [0.717, 1.165) is 11.3 Å². The first-order valence-electron chi connectivity index (χ1n) is 5.95. The van der Waals surface area contributed by atoms with Crippen molar-refractivity contribution in [1.82, 2.24) is 4.98 Å². The molecule has 1 aromatic carbocycles. The standard InChI is InChI=1S/C16H12N2O2/c1-20-16(19)14-6-8-15(18-11-14)7-5-12-3-2-4-13(9-12)10-17/h2-9,11H,1H3. The van der Waals surface area contributed by atoms with Gasteiger partial charge in [-0.2, -0.15) is 5.26 Å². The average molecular weight is 264 g/mol. The summed E-state index contributed by atoms with van der Waals surface area (Å²) in [5.41, 5.74) is 2.67. The van der Waals surface area contributed by atoms with Crippen molar-refractivity contribution in [2.24, 2.45) is 0 Å². The summed E-state index contributed by atoms with van der Waals surface area (Å²) in [6, 6.07) is 12.8. The summed E-state index contributed by atoms with van der Waals surface area (Å²) in [5, 5.41) is 8.82. The second kappa shape index (κ2) is 6.30. The Balaban J connectivity index is 2.15. The van der Waals surface area contributed by atoms with Gasteiger partial charge in [-0.3, -0.25) is 4.98 Å². The molecule has 0 fully saturated rings. The molecule has 4 nitrogen and oxygen atoms in total. The molecule has 2 rings (SSSR count). The smallest absolute Gasteiger partial charge is 0.339 e. The molecule has 0 aliphatic carbocycles. The molecule has 0 aliphatic rings. The quantitative estimate of drug-likeness (QED) is 0.799. The van der Waals surface area contributed by atoms with Gasteiger partial charge in [0.2, 0.25) is 0 Å². The highest BCUT2D eigenvalue weighted by Gasteiger charge is 2.04. The van der Waals surface area contributed by atoms with Gasteiger partial charge < -0.3 is 4.74 Å². The molecule has 20 heavy (non-hydrogen) atoms. The Morgan fingerprint density at radius 3 is 2.80 bits per heavy atom. The first-order valence-corrected chi connectivity index (χ1v) is 5.95. The Morgan fingerprint density at radius 2 is 2.15 bits per heavy atom. The first-order chi connectivity index (χ1) is 9.72. The zero-order valence-corrected chi connectivity index (χ0v) is 10.9. The summed E-state index contributed by atoms with van der Waals surface area (Å²) in [6.45, 7) is 0. The number of carbonyl (C=O) groups is 1. The SMILES string of the molecule is COC(=O)c1ccc(C=Cc2cccc(C#N)c2)nc1. The number of pyridine rings is 1. The van der Waals surface area contributed by atoms with E-state index in [4.69, 9.17) is 5.26 Å². The van der Waals surface area contributed by atoms with Crippen LogP contribution in [0, 0.1) is 11.3 Å². The summed E-state index contributed by atoms with van der Waals surface area (Å²) in [5.74, 6) is -0.408. The van der Waals surface area contributed by atoms with Crippen molar-refractivity contribution in [3.05, 3.63) is 65.0 Å². The zero-order chi connectivity index (χ0) is 14.4. The van der Waals surface area contributed by atoms with Crippen LogP contribution in [-0.4, -0.2) is 18.1 Å². The molecule has 0 saturated carbocycles. The largest absolute Gasteiger partial charge is 0.465 e. The van der Waals surface area contributed by atoms with Crippen molar-refractivity contribution in [1.29, 1.82) is 5.26 Å². The van der Waals surface area contributed by atoms with E-state index in [-0.39, 0.29) is 0 Å². The highest BCUT2D eigenvalue weighted by Crippen LogP contribution is 2.09. The lowest BCUT2D eigenvalue weighted by molar-refractivity contribution is 0.0600. The van der Waals surface area contributed by atoms with Crippen LogP contribution < -0.4 is 0 Å². The third kappa shape index (κ3) is 3.30.